The van der Waals surface area contributed by atoms with Gasteiger partial charge in [0.05, 0.1) is 32.0 Å². The normalized spacial score (nSPS) is 15.2. The zero-order chi connectivity index (χ0) is 27.7. The van der Waals surface area contributed by atoms with Crippen LogP contribution < -0.4 is 14.9 Å². The Morgan fingerprint density at radius 3 is 2.59 bits per heavy atom. The zero-order valence-electron chi connectivity index (χ0n) is 20.9. The maximum atomic E-state index is 14.0. The molecule has 0 amide bonds. The maximum absolute atomic E-state index is 14.0. The monoisotopic (exact) mass is 732 g/mol. The number of halogens is 2. The van der Waals surface area contributed by atoms with Gasteiger partial charge in [0.1, 0.15) is 5.75 Å². The summed E-state index contributed by atoms with van der Waals surface area (Å²) >= 11 is 8.35. The van der Waals surface area contributed by atoms with Gasteiger partial charge in [-0.1, -0.05) is 69.7 Å². The first-order valence-corrected chi connectivity index (χ1v) is 15.8. The van der Waals surface area contributed by atoms with Crippen molar-refractivity contribution in [3.05, 3.63) is 117 Å². The molecule has 198 valence electrons. The van der Waals surface area contributed by atoms with E-state index in [1.165, 1.54) is 11.3 Å². The highest BCUT2D eigenvalue weighted by atomic mass is 127. The van der Waals surface area contributed by atoms with Crippen molar-refractivity contribution < 1.29 is 14.6 Å². The van der Waals surface area contributed by atoms with Crippen molar-refractivity contribution in [2.24, 2.45) is 4.99 Å². The minimum atomic E-state index is -0.746. The largest absolute Gasteiger partial charge is 0.506 e. The van der Waals surface area contributed by atoms with Crippen LogP contribution in [0.25, 0.3) is 11.8 Å². The molecule has 0 saturated carbocycles. The summed E-state index contributed by atoms with van der Waals surface area (Å²) in [5.41, 5.74) is 2.50. The average molecular weight is 733 g/mol. The van der Waals surface area contributed by atoms with Gasteiger partial charge >= 0.3 is 5.97 Å². The number of hydrogen-bond donors (Lipinski definition) is 1. The lowest BCUT2D eigenvalue weighted by Crippen LogP contribution is -2.40. The van der Waals surface area contributed by atoms with Crippen LogP contribution in [0.2, 0.25) is 0 Å². The summed E-state index contributed by atoms with van der Waals surface area (Å²) in [5, 5.41) is 10.7. The molecule has 0 fully saturated rings. The van der Waals surface area contributed by atoms with Gasteiger partial charge in [-0.25, -0.2) is 9.79 Å². The third-order valence-electron chi connectivity index (χ3n) is 6.15. The number of thioether (sulfide) groups is 1. The Hall–Kier alpha value is -2.67. The average Bonchev–Trinajstić information content (AvgIpc) is 3.25. The molecule has 0 bridgehead atoms. The lowest BCUT2D eigenvalue weighted by Gasteiger charge is -2.26. The maximum Gasteiger partial charge on any atom is 0.338 e. The van der Waals surface area contributed by atoms with Gasteiger partial charge in [0.2, 0.25) is 0 Å². The standard InChI is InChI=1S/C29H22BrIN2O4S2/c1-3-37-28(36)23-24(16-7-5-4-6-8-16)32-29-33(25(23)17-9-11-20(38-2)12-10-17)27(35)22(39-29)14-18-13-19(30)15-21(31)26(18)34/h4-15,25,34H,3H2,1-2H3/b22-14-/t25-/m0/s1. The van der Waals surface area contributed by atoms with Crippen molar-refractivity contribution in [1.29, 1.82) is 0 Å². The van der Waals surface area contributed by atoms with Crippen LogP contribution in [-0.2, 0) is 9.53 Å². The summed E-state index contributed by atoms with van der Waals surface area (Å²) < 4.78 is 8.90. The van der Waals surface area contributed by atoms with Crippen LogP contribution in [0.4, 0.5) is 0 Å². The van der Waals surface area contributed by atoms with E-state index in [-0.39, 0.29) is 17.9 Å². The Bertz CT molecular complexity index is 1780. The number of hydrogen-bond acceptors (Lipinski definition) is 7. The molecular weight excluding hydrogens is 711 g/mol. The second-order valence-corrected chi connectivity index (χ2v) is 12.5. The first-order valence-electron chi connectivity index (χ1n) is 11.9. The van der Waals surface area contributed by atoms with Crippen molar-refractivity contribution in [2.75, 3.05) is 12.9 Å². The van der Waals surface area contributed by atoms with Gasteiger partial charge in [0.15, 0.2) is 4.80 Å². The molecule has 39 heavy (non-hydrogen) atoms. The molecule has 0 unspecified atom stereocenters. The van der Waals surface area contributed by atoms with Gasteiger partial charge in [-0.05, 0) is 71.7 Å². The summed E-state index contributed by atoms with van der Waals surface area (Å²) in [6, 6.07) is 20.1. The zero-order valence-corrected chi connectivity index (χ0v) is 26.2. The van der Waals surface area contributed by atoms with E-state index in [0.717, 1.165) is 20.5 Å². The number of fused-ring (bicyclic) bond motifs is 1. The van der Waals surface area contributed by atoms with Gasteiger partial charge in [-0.3, -0.25) is 9.36 Å². The quantitative estimate of drug-likeness (QED) is 0.156. The number of nitrogens with zero attached hydrogens (tertiary/aromatic N) is 2. The van der Waals surface area contributed by atoms with Crippen LogP contribution in [-0.4, -0.2) is 28.5 Å². The highest BCUT2D eigenvalue weighted by Crippen LogP contribution is 2.36. The van der Waals surface area contributed by atoms with E-state index in [0.29, 0.717) is 29.7 Å². The minimum absolute atomic E-state index is 0.0889. The molecule has 0 aliphatic carbocycles. The van der Waals surface area contributed by atoms with E-state index in [2.05, 4.69) is 15.9 Å². The third-order valence-corrected chi connectivity index (χ3v) is 9.16. The summed E-state index contributed by atoms with van der Waals surface area (Å²) in [6.45, 7) is 1.94. The molecule has 10 heteroatoms. The first-order chi connectivity index (χ1) is 18.8. The fourth-order valence-corrected chi connectivity index (χ4v) is 7.33. The molecule has 0 radical (unpaired) electrons. The third kappa shape index (κ3) is 5.52. The van der Waals surface area contributed by atoms with Crippen molar-refractivity contribution in [2.45, 2.75) is 17.9 Å². The van der Waals surface area contributed by atoms with Crippen LogP contribution >= 0.6 is 61.6 Å². The lowest BCUT2D eigenvalue weighted by atomic mass is 9.93. The molecule has 1 N–H and O–H groups in total. The summed E-state index contributed by atoms with van der Waals surface area (Å²) in [6.07, 6.45) is 3.66. The molecule has 6 nitrogen and oxygen atoms in total. The van der Waals surface area contributed by atoms with Crippen molar-refractivity contribution in [3.63, 3.8) is 0 Å². The number of phenols is 1. The molecule has 1 aromatic heterocycles. The fourth-order valence-electron chi connectivity index (χ4n) is 4.38. The molecule has 1 aliphatic rings. The predicted molar refractivity (Wildman–Crippen MR) is 168 cm³/mol. The molecule has 1 aliphatic heterocycles. The molecule has 4 aromatic rings. The Balaban J connectivity index is 1.84. The van der Waals surface area contributed by atoms with E-state index in [9.17, 15) is 14.7 Å². The molecule has 3 aromatic carbocycles. The Morgan fingerprint density at radius 2 is 1.92 bits per heavy atom. The number of esters is 1. The second kappa shape index (κ2) is 11.8. The van der Waals surface area contributed by atoms with Crippen LogP contribution in [0.3, 0.4) is 0 Å². The van der Waals surface area contributed by atoms with Crippen LogP contribution in [0.1, 0.15) is 29.7 Å². The molecule has 2 heterocycles. The first kappa shape index (κ1) is 27.9. The highest BCUT2D eigenvalue weighted by Gasteiger charge is 2.35. The summed E-state index contributed by atoms with van der Waals surface area (Å²) in [7, 11) is 0. The Morgan fingerprint density at radius 1 is 1.21 bits per heavy atom. The lowest BCUT2D eigenvalue weighted by molar-refractivity contribution is -0.138. The minimum Gasteiger partial charge on any atom is -0.506 e. The van der Waals surface area contributed by atoms with Crippen molar-refractivity contribution in [3.8, 4) is 5.75 Å². The van der Waals surface area contributed by atoms with Gasteiger partial charge in [0.25, 0.3) is 5.56 Å². The van der Waals surface area contributed by atoms with Crippen molar-refractivity contribution in [1.82, 2.24) is 4.57 Å². The Labute approximate surface area is 255 Å². The van der Waals surface area contributed by atoms with E-state index in [1.807, 2.05) is 83.4 Å². The second-order valence-electron chi connectivity index (χ2n) is 8.53. The number of phenolic OH excluding ortho intramolecular Hbond substituents is 1. The number of carbonyl (C=O) groups excluding carboxylic acids is 1. The van der Waals surface area contributed by atoms with Crippen LogP contribution in [0, 0.1) is 3.57 Å². The topological polar surface area (TPSA) is 80.9 Å². The predicted octanol–water partition coefficient (Wildman–Crippen LogP) is 5.73. The molecular formula is C29H22BrIN2O4S2. The number of rotatable bonds is 6. The molecule has 0 spiro atoms. The van der Waals surface area contributed by atoms with E-state index < -0.39 is 12.0 Å². The van der Waals surface area contributed by atoms with E-state index in [1.54, 1.807) is 41.5 Å². The number of benzene rings is 3. The summed E-state index contributed by atoms with van der Waals surface area (Å²) in [4.78, 5) is 33.9. The fraction of sp³-hybridized carbons (Fsp3) is 0.138. The number of aromatic hydroxyl groups is 1. The van der Waals surface area contributed by atoms with E-state index in [4.69, 9.17) is 9.73 Å². The van der Waals surface area contributed by atoms with Gasteiger partial charge in [-0.15, -0.1) is 11.8 Å². The van der Waals surface area contributed by atoms with E-state index >= 15 is 0 Å². The summed E-state index contributed by atoms with van der Waals surface area (Å²) in [5.74, 6) is -0.432. The van der Waals surface area contributed by atoms with Crippen LogP contribution in [0.15, 0.2) is 91.5 Å². The molecule has 5 rings (SSSR count). The number of aromatic nitrogens is 1. The number of carbonyl (C=O) groups is 1. The number of ether oxygens (including phenoxy) is 1. The van der Waals surface area contributed by atoms with Gasteiger partial charge in [-0.2, -0.15) is 0 Å². The van der Waals surface area contributed by atoms with Gasteiger partial charge < -0.3 is 9.84 Å². The van der Waals surface area contributed by atoms with Crippen LogP contribution in [0.5, 0.6) is 5.75 Å². The Kier molecular flexibility index (Phi) is 8.46. The van der Waals surface area contributed by atoms with Crippen molar-refractivity contribution >= 4 is 79.4 Å². The SMILES string of the molecule is CCOC(=O)C1=C(c2ccccc2)N=c2s/c(=C\c3cc(Br)cc(I)c3O)c(=O)n2[C@H]1c1ccc(SC)cc1. The molecule has 1 atom stereocenters. The number of thiazole rings is 1. The smallest absolute Gasteiger partial charge is 0.338 e. The molecule has 0 saturated heterocycles. The highest BCUT2D eigenvalue weighted by molar-refractivity contribution is 14.1. The van der Waals surface area contributed by atoms with Gasteiger partial charge in [0, 0.05) is 20.5 Å².